The Bertz CT molecular complexity index is 559. The van der Waals surface area contributed by atoms with Crippen LogP contribution < -0.4 is 10.6 Å². The molecule has 100 valence electrons. The number of benzene rings is 1. The standard InChI is InChI=1S/C12H11FN2O4/c13-7-2-1-6(12(18)19)5-9(7)15-11(17)8-3-4-10(16)14-8/h1-2,5,8H,3-4H2,(H,14,16)(H,15,17)(H,18,19). The van der Waals surface area contributed by atoms with Gasteiger partial charge in [-0.05, 0) is 24.6 Å². The highest BCUT2D eigenvalue weighted by Crippen LogP contribution is 2.18. The fourth-order valence-electron chi connectivity index (χ4n) is 1.78. The molecule has 1 aromatic rings. The molecule has 1 atom stereocenters. The van der Waals surface area contributed by atoms with Crippen LogP contribution in [-0.4, -0.2) is 28.9 Å². The van der Waals surface area contributed by atoms with Gasteiger partial charge in [-0.2, -0.15) is 0 Å². The van der Waals surface area contributed by atoms with E-state index >= 15 is 0 Å². The van der Waals surface area contributed by atoms with Crippen molar-refractivity contribution in [3.63, 3.8) is 0 Å². The molecule has 1 fully saturated rings. The van der Waals surface area contributed by atoms with Crippen molar-refractivity contribution in [2.45, 2.75) is 18.9 Å². The third-order valence-corrected chi connectivity index (χ3v) is 2.78. The average Bonchev–Trinajstić information content (AvgIpc) is 2.78. The second kappa shape index (κ2) is 5.05. The first-order valence-electron chi connectivity index (χ1n) is 5.60. The van der Waals surface area contributed by atoms with Crippen LogP contribution in [0.1, 0.15) is 23.2 Å². The molecule has 3 N–H and O–H groups in total. The molecule has 1 saturated heterocycles. The highest BCUT2D eigenvalue weighted by molar-refractivity contribution is 6.00. The first-order chi connectivity index (χ1) is 8.97. The molecule has 0 spiro atoms. The summed E-state index contributed by atoms with van der Waals surface area (Å²) in [6.07, 6.45) is 0.584. The lowest BCUT2D eigenvalue weighted by atomic mass is 10.1. The smallest absolute Gasteiger partial charge is 0.335 e. The highest BCUT2D eigenvalue weighted by Gasteiger charge is 2.27. The zero-order valence-corrected chi connectivity index (χ0v) is 9.77. The molecule has 6 nitrogen and oxygen atoms in total. The van der Waals surface area contributed by atoms with Gasteiger partial charge in [0.2, 0.25) is 11.8 Å². The lowest BCUT2D eigenvalue weighted by Crippen LogP contribution is -2.37. The van der Waals surface area contributed by atoms with Gasteiger partial charge in [0.25, 0.3) is 0 Å². The number of rotatable bonds is 3. The van der Waals surface area contributed by atoms with E-state index in [1.54, 1.807) is 0 Å². The second-order valence-corrected chi connectivity index (χ2v) is 4.15. The summed E-state index contributed by atoms with van der Waals surface area (Å²) in [6.45, 7) is 0. The molecule has 0 aliphatic carbocycles. The number of carboxylic acid groups (broad SMARTS) is 1. The predicted molar refractivity (Wildman–Crippen MR) is 63.2 cm³/mol. The number of carbonyl (C=O) groups excluding carboxylic acids is 2. The normalized spacial score (nSPS) is 17.9. The summed E-state index contributed by atoms with van der Waals surface area (Å²) in [5.74, 6) is -2.75. The number of carbonyl (C=O) groups is 3. The Morgan fingerprint density at radius 1 is 1.42 bits per heavy atom. The number of amides is 2. The Labute approximate surface area is 107 Å². The van der Waals surface area contributed by atoms with Gasteiger partial charge in [-0.15, -0.1) is 0 Å². The van der Waals surface area contributed by atoms with Crippen molar-refractivity contribution >= 4 is 23.5 Å². The van der Waals surface area contributed by atoms with Gasteiger partial charge < -0.3 is 15.7 Å². The Morgan fingerprint density at radius 3 is 2.74 bits per heavy atom. The quantitative estimate of drug-likeness (QED) is 0.752. The Balaban J connectivity index is 2.14. The van der Waals surface area contributed by atoms with Crippen molar-refractivity contribution in [3.8, 4) is 0 Å². The van der Waals surface area contributed by atoms with E-state index in [1.807, 2.05) is 0 Å². The molecule has 1 unspecified atom stereocenters. The van der Waals surface area contributed by atoms with Crippen molar-refractivity contribution in [2.75, 3.05) is 5.32 Å². The number of halogens is 1. The minimum absolute atomic E-state index is 0.132. The van der Waals surface area contributed by atoms with E-state index in [0.717, 1.165) is 18.2 Å². The third-order valence-electron chi connectivity index (χ3n) is 2.78. The maximum Gasteiger partial charge on any atom is 0.335 e. The fourth-order valence-corrected chi connectivity index (χ4v) is 1.78. The van der Waals surface area contributed by atoms with Crippen molar-refractivity contribution in [1.29, 1.82) is 0 Å². The Kier molecular flexibility index (Phi) is 3.46. The summed E-state index contributed by atoms with van der Waals surface area (Å²) in [5.41, 5.74) is -0.349. The van der Waals surface area contributed by atoms with Crippen molar-refractivity contribution in [3.05, 3.63) is 29.6 Å². The Hall–Kier alpha value is -2.44. The van der Waals surface area contributed by atoms with Crippen LogP contribution in [0.4, 0.5) is 10.1 Å². The molecular weight excluding hydrogens is 255 g/mol. The van der Waals surface area contributed by atoms with Gasteiger partial charge in [-0.1, -0.05) is 0 Å². The third kappa shape index (κ3) is 2.87. The fraction of sp³-hybridized carbons (Fsp3) is 0.250. The first-order valence-corrected chi connectivity index (χ1v) is 5.60. The molecule has 1 aromatic carbocycles. The van der Waals surface area contributed by atoms with Gasteiger partial charge in [0.15, 0.2) is 0 Å². The number of aromatic carboxylic acids is 1. The minimum atomic E-state index is -1.22. The van der Waals surface area contributed by atoms with Crippen molar-refractivity contribution < 1.29 is 23.9 Å². The average molecular weight is 266 g/mol. The molecular formula is C12H11FN2O4. The van der Waals surface area contributed by atoms with Crippen molar-refractivity contribution in [1.82, 2.24) is 5.32 Å². The maximum absolute atomic E-state index is 13.5. The molecule has 7 heteroatoms. The number of nitrogens with one attached hydrogen (secondary N) is 2. The summed E-state index contributed by atoms with van der Waals surface area (Å²) < 4.78 is 13.5. The van der Waals surface area contributed by atoms with E-state index in [0.29, 0.717) is 6.42 Å². The molecule has 1 aliphatic rings. The van der Waals surface area contributed by atoms with Gasteiger partial charge in [-0.25, -0.2) is 9.18 Å². The van der Waals surface area contributed by atoms with Gasteiger partial charge in [0, 0.05) is 6.42 Å². The van der Waals surface area contributed by atoms with Gasteiger partial charge in [-0.3, -0.25) is 9.59 Å². The van der Waals surface area contributed by atoms with Crippen LogP contribution in [0.5, 0.6) is 0 Å². The van der Waals surface area contributed by atoms with E-state index in [9.17, 15) is 18.8 Å². The van der Waals surface area contributed by atoms with Gasteiger partial charge in [0.1, 0.15) is 11.9 Å². The number of carboxylic acids is 1. The molecule has 1 heterocycles. The molecule has 2 amide bonds. The zero-order valence-electron chi connectivity index (χ0n) is 9.77. The minimum Gasteiger partial charge on any atom is -0.478 e. The topological polar surface area (TPSA) is 95.5 Å². The number of hydrogen-bond donors (Lipinski definition) is 3. The van der Waals surface area contributed by atoms with Crippen LogP contribution in [-0.2, 0) is 9.59 Å². The lowest BCUT2D eigenvalue weighted by Gasteiger charge is -2.11. The summed E-state index contributed by atoms with van der Waals surface area (Å²) >= 11 is 0. The predicted octanol–water partition coefficient (Wildman–Crippen LogP) is 0.741. The molecule has 0 saturated carbocycles. The molecule has 0 radical (unpaired) electrons. The van der Waals surface area contributed by atoms with E-state index in [-0.39, 0.29) is 23.6 Å². The SMILES string of the molecule is O=C1CCC(C(=O)Nc2cc(C(=O)O)ccc2F)N1. The largest absolute Gasteiger partial charge is 0.478 e. The summed E-state index contributed by atoms with van der Waals surface area (Å²) in [7, 11) is 0. The Morgan fingerprint density at radius 2 is 2.16 bits per heavy atom. The molecule has 0 bridgehead atoms. The number of anilines is 1. The molecule has 0 aromatic heterocycles. The van der Waals surface area contributed by atoms with Crippen LogP contribution in [0.3, 0.4) is 0 Å². The van der Waals surface area contributed by atoms with Crippen molar-refractivity contribution in [2.24, 2.45) is 0 Å². The number of hydrogen-bond acceptors (Lipinski definition) is 3. The summed E-state index contributed by atoms with van der Waals surface area (Å²) in [4.78, 5) is 33.5. The highest BCUT2D eigenvalue weighted by atomic mass is 19.1. The van der Waals surface area contributed by atoms with Crippen LogP contribution >= 0.6 is 0 Å². The van der Waals surface area contributed by atoms with Crippen LogP contribution in [0.2, 0.25) is 0 Å². The maximum atomic E-state index is 13.5. The van der Waals surface area contributed by atoms with Crippen LogP contribution in [0.15, 0.2) is 18.2 Å². The van der Waals surface area contributed by atoms with E-state index < -0.39 is 23.7 Å². The monoisotopic (exact) mass is 266 g/mol. The van der Waals surface area contributed by atoms with Gasteiger partial charge in [0.05, 0.1) is 11.3 Å². The van der Waals surface area contributed by atoms with Gasteiger partial charge >= 0.3 is 5.97 Å². The lowest BCUT2D eigenvalue weighted by molar-refractivity contribution is -0.122. The second-order valence-electron chi connectivity index (χ2n) is 4.15. The molecule has 19 heavy (non-hydrogen) atoms. The molecule has 2 rings (SSSR count). The van der Waals surface area contributed by atoms with E-state index in [2.05, 4.69) is 10.6 Å². The molecule has 1 aliphatic heterocycles. The zero-order chi connectivity index (χ0) is 14.0. The summed E-state index contributed by atoms with van der Waals surface area (Å²) in [5, 5.41) is 13.5. The van der Waals surface area contributed by atoms with Crippen LogP contribution in [0, 0.1) is 5.82 Å². The summed E-state index contributed by atoms with van der Waals surface area (Å²) in [6, 6.07) is 2.39. The first kappa shape index (κ1) is 13.0. The van der Waals surface area contributed by atoms with E-state index in [4.69, 9.17) is 5.11 Å². The van der Waals surface area contributed by atoms with Crippen LogP contribution in [0.25, 0.3) is 0 Å². The van der Waals surface area contributed by atoms with E-state index in [1.165, 1.54) is 0 Å².